The summed E-state index contributed by atoms with van der Waals surface area (Å²) in [5.74, 6) is -0.283. The van der Waals surface area contributed by atoms with Crippen LogP contribution < -0.4 is 5.32 Å². The highest BCUT2D eigenvalue weighted by Crippen LogP contribution is 2.25. The highest BCUT2D eigenvalue weighted by molar-refractivity contribution is 5.88. The summed E-state index contributed by atoms with van der Waals surface area (Å²) in [5, 5.41) is 15.3. The topological polar surface area (TPSA) is 115 Å². The number of nitrogens with one attached hydrogen (secondary N) is 1. The van der Waals surface area contributed by atoms with Crippen LogP contribution in [-0.2, 0) is 20.9 Å². The van der Waals surface area contributed by atoms with Gasteiger partial charge in [-0.05, 0) is 72.4 Å². The van der Waals surface area contributed by atoms with Crippen LogP contribution in [0.15, 0.2) is 48.8 Å². The monoisotopic (exact) mass is 509 g/mol. The molecule has 1 N–H and O–H groups in total. The molecule has 1 fully saturated rings. The summed E-state index contributed by atoms with van der Waals surface area (Å²) >= 11 is 0. The minimum atomic E-state index is -0.869. The Morgan fingerprint density at radius 2 is 1.95 bits per heavy atom. The predicted octanol–water partition coefficient (Wildman–Crippen LogP) is 2.79. The smallest absolute Gasteiger partial charge is 0.247 e. The van der Waals surface area contributed by atoms with Crippen molar-refractivity contribution in [2.75, 3.05) is 19.7 Å². The van der Waals surface area contributed by atoms with Gasteiger partial charge in [0.25, 0.3) is 0 Å². The van der Waals surface area contributed by atoms with Crippen molar-refractivity contribution >= 4 is 11.8 Å². The fraction of sp³-hybridized carbons (Fsp3) is 0.462. The number of benzene rings is 1. The van der Waals surface area contributed by atoms with Gasteiger partial charge in [0.2, 0.25) is 17.6 Å². The van der Waals surface area contributed by atoms with E-state index in [0.717, 1.165) is 19.3 Å². The molecular weight excluding hydrogens is 477 g/mol. The number of carbonyl (C=O) groups excluding carboxylic acids is 2. The van der Waals surface area contributed by atoms with Crippen LogP contribution in [0.1, 0.15) is 44.7 Å². The first-order valence-electron chi connectivity index (χ1n) is 12.5. The molecular formula is C26H32FN7O3. The third-order valence-corrected chi connectivity index (χ3v) is 6.18. The summed E-state index contributed by atoms with van der Waals surface area (Å²) in [5.41, 5.74) is 1.23. The van der Waals surface area contributed by atoms with Crippen LogP contribution in [0.3, 0.4) is 0 Å². The molecule has 2 aromatic heterocycles. The third-order valence-electron chi connectivity index (χ3n) is 6.18. The molecule has 0 unspecified atom stereocenters. The lowest BCUT2D eigenvalue weighted by Crippen LogP contribution is -2.48. The number of halogens is 1. The van der Waals surface area contributed by atoms with E-state index in [2.05, 4.69) is 39.6 Å². The van der Waals surface area contributed by atoms with Gasteiger partial charge in [-0.3, -0.25) is 14.6 Å². The molecule has 37 heavy (non-hydrogen) atoms. The van der Waals surface area contributed by atoms with E-state index in [1.807, 2.05) is 0 Å². The van der Waals surface area contributed by atoms with Crippen molar-refractivity contribution in [2.24, 2.45) is 5.92 Å². The van der Waals surface area contributed by atoms with Crippen molar-refractivity contribution < 1.29 is 18.7 Å². The third kappa shape index (κ3) is 7.16. The number of rotatable bonds is 11. The average Bonchev–Trinajstić information content (AvgIpc) is 3.57. The second-order valence-corrected chi connectivity index (χ2v) is 9.49. The molecule has 1 aliphatic heterocycles. The van der Waals surface area contributed by atoms with Gasteiger partial charge in [0.1, 0.15) is 18.4 Å². The maximum Gasteiger partial charge on any atom is 0.247 e. The molecule has 1 aromatic carbocycles. The second-order valence-electron chi connectivity index (χ2n) is 9.49. The lowest BCUT2D eigenvalue weighted by Gasteiger charge is -2.33. The number of pyridine rings is 1. The molecule has 0 bridgehead atoms. The number of tetrazole rings is 1. The van der Waals surface area contributed by atoms with Crippen LogP contribution in [0.4, 0.5) is 4.39 Å². The first-order chi connectivity index (χ1) is 17.9. The molecule has 196 valence electrons. The van der Waals surface area contributed by atoms with Crippen LogP contribution in [0.5, 0.6) is 0 Å². The van der Waals surface area contributed by atoms with Crippen LogP contribution in [0.2, 0.25) is 0 Å². The predicted molar refractivity (Wildman–Crippen MR) is 133 cm³/mol. The first-order valence-corrected chi connectivity index (χ1v) is 12.5. The summed E-state index contributed by atoms with van der Waals surface area (Å²) in [6.45, 7) is 5.34. The van der Waals surface area contributed by atoms with Crippen molar-refractivity contribution in [3.63, 3.8) is 0 Å². The Morgan fingerprint density at radius 1 is 1.19 bits per heavy atom. The summed E-state index contributed by atoms with van der Waals surface area (Å²) in [4.78, 5) is 33.9. The molecule has 10 nitrogen and oxygen atoms in total. The molecule has 11 heteroatoms. The SMILES string of the molecule is CC(C)CCNC(=O)[C@@H](c1ccncc1)N(C[C@@H]1CCCO1)C(=O)Cn1nnc(-c2ccc(F)cc2)n1. The number of aromatic nitrogens is 5. The van der Waals surface area contributed by atoms with Crippen molar-refractivity contribution in [1.29, 1.82) is 0 Å². The summed E-state index contributed by atoms with van der Waals surface area (Å²) < 4.78 is 19.1. The molecule has 2 atom stereocenters. The van der Waals surface area contributed by atoms with E-state index in [1.54, 1.807) is 36.7 Å². The van der Waals surface area contributed by atoms with E-state index in [-0.39, 0.29) is 42.6 Å². The van der Waals surface area contributed by atoms with Gasteiger partial charge in [0.05, 0.1) is 6.10 Å². The van der Waals surface area contributed by atoms with Crippen molar-refractivity contribution in [3.8, 4) is 11.4 Å². The van der Waals surface area contributed by atoms with Crippen molar-refractivity contribution in [2.45, 2.75) is 51.8 Å². The highest BCUT2D eigenvalue weighted by Gasteiger charge is 2.34. The Bertz CT molecular complexity index is 1160. The summed E-state index contributed by atoms with van der Waals surface area (Å²) in [6.07, 6.45) is 5.56. The van der Waals surface area contributed by atoms with Crippen LogP contribution in [0, 0.1) is 11.7 Å². The highest BCUT2D eigenvalue weighted by atomic mass is 19.1. The largest absolute Gasteiger partial charge is 0.376 e. The normalized spacial score (nSPS) is 16.1. The number of nitrogens with zero attached hydrogens (tertiary/aromatic N) is 6. The number of carbonyl (C=O) groups is 2. The van der Waals surface area contributed by atoms with Crippen molar-refractivity contribution in [1.82, 2.24) is 35.4 Å². The number of hydrogen-bond donors (Lipinski definition) is 1. The van der Waals surface area contributed by atoms with Gasteiger partial charge < -0.3 is 15.0 Å². The number of amides is 2. The Labute approximate surface area is 215 Å². The first kappa shape index (κ1) is 26.3. The fourth-order valence-corrected chi connectivity index (χ4v) is 4.19. The zero-order chi connectivity index (χ0) is 26.2. The van der Waals surface area contributed by atoms with E-state index >= 15 is 0 Å². The molecule has 4 rings (SSSR count). The molecule has 1 saturated heterocycles. The van der Waals surface area contributed by atoms with Gasteiger partial charge in [-0.15, -0.1) is 10.2 Å². The molecule has 3 heterocycles. The zero-order valence-electron chi connectivity index (χ0n) is 21.1. The maximum atomic E-state index is 13.7. The van der Waals surface area contributed by atoms with E-state index in [4.69, 9.17) is 4.74 Å². The Hall–Kier alpha value is -3.73. The molecule has 0 spiro atoms. The number of ether oxygens (including phenoxy) is 1. The summed E-state index contributed by atoms with van der Waals surface area (Å²) in [7, 11) is 0. The standard InChI is InChI=1S/C26H32FN7O3/c1-18(2)9-14-29-26(36)24(19-10-12-28-13-11-19)33(16-22-4-3-15-37-22)23(35)17-34-31-25(30-32-34)20-5-7-21(27)8-6-20/h5-8,10-13,18,22,24H,3-4,9,14-17H2,1-2H3,(H,29,36)/t22-,24+/m0/s1. The quantitative estimate of drug-likeness (QED) is 0.423. The minimum Gasteiger partial charge on any atom is -0.376 e. The lowest BCUT2D eigenvalue weighted by atomic mass is 10.0. The molecule has 0 saturated carbocycles. The Kier molecular flexibility index (Phi) is 8.89. The van der Waals surface area contributed by atoms with E-state index in [1.165, 1.54) is 21.8 Å². The van der Waals surface area contributed by atoms with Gasteiger partial charge >= 0.3 is 0 Å². The van der Waals surface area contributed by atoms with E-state index in [9.17, 15) is 14.0 Å². The molecule has 3 aromatic rings. The average molecular weight is 510 g/mol. The molecule has 0 radical (unpaired) electrons. The number of hydrogen-bond acceptors (Lipinski definition) is 7. The van der Waals surface area contributed by atoms with Crippen LogP contribution >= 0.6 is 0 Å². The zero-order valence-corrected chi connectivity index (χ0v) is 21.1. The second kappa shape index (κ2) is 12.5. The fourth-order valence-electron chi connectivity index (χ4n) is 4.19. The Balaban J connectivity index is 1.58. The van der Waals surface area contributed by atoms with E-state index < -0.39 is 6.04 Å². The van der Waals surface area contributed by atoms with Crippen molar-refractivity contribution in [3.05, 3.63) is 60.2 Å². The minimum absolute atomic E-state index is 0.171. The van der Waals surface area contributed by atoms with Gasteiger partial charge in [-0.1, -0.05) is 13.8 Å². The van der Waals surface area contributed by atoms with E-state index in [0.29, 0.717) is 30.2 Å². The maximum absolute atomic E-state index is 13.7. The van der Waals surface area contributed by atoms with Gasteiger partial charge in [0, 0.05) is 37.7 Å². The van der Waals surface area contributed by atoms with Crippen LogP contribution in [-0.4, -0.2) is 67.7 Å². The van der Waals surface area contributed by atoms with Gasteiger partial charge in [-0.2, -0.15) is 4.80 Å². The van der Waals surface area contributed by atoms with Gasteiger partial charge in [0.15, 0.2) is 0 Å². The van der Waals surface area contributed by atoms with Crippen LogP contribution in [0.25, 0.3) is 11.4 Å². The molecule has 1 aliphatic rings. The molecule has 0 aliphatic carbocycles. The molecule has 2 amide bonds. The lowest BCUT2D eigenvalue weighted by molar-refractivity contribution is -0.143. The van der Waals surface area contributed by atoms with Gasteiger partial charge in [-0.25, -0.2) is 4.39 Å². The Morgan fingerprint density at radius 3 is 2.62 bits per heavy atom. The summed E-state index contributed by atoms with van der Waals surface area (Å²) in [6, 6.07) is 8.31.